The highest BCUT2D eigenvalue weighted by Gasteiger charge is 2.25. The lowest BCUT2D eigenvalue weighted by molar-refractivity contribution is -0.140. The number of aromatic nitrogens is 1. The van der Waals surface area contributed by atoms with Gasteiger partial charge in [0.15, 0.2) is 6.04 Å². The number of ether oxygens (including phenoxy) is 2. The number of carboxylic acid groups (broad SMARTS) is 1. The fourth-order valence-electron chi connectivity index (χ4n) is 1.45. The second-order valence-electron chi connectivity index (χ2n) is 5.70. The van der Waals surface area contributed by atoms with Crippen molar-refractivity contribution in [2.24, 2.45) is 0 Å². The van der Waals surface area contributed by atoms with Crippen molar-refractivity contribution in [3.05, 3.63) is 17.8 Å². The number of alkyl carbamates (subject to hydrolysis) is 1. The molecule has 1 atom stereocenters. The Balaban J connectivity index is 2.67. The van der Waals surface area contributed by atoms with Crippen LogP contribution in [0.15, 0.2) is 12.1 Å². The summed E-state index contributed by atoms with van der Waals surface area (Å²) in [6.45, 7) is 6.46. The van der Waals surface area contributed by atoms with E-state index < -0.39 is 23.7 Å². The van der Waals surface area contributed by atoms with E-state index in [4.69, 9.17) is 20.3 Å². The number of nitrogens with two attached hydrogens (primary N) is 1. The minimum atomic E-state index is -1.28. The van der Waals surface area contributed by atoms with Gasteiger partial charge in [-0.25, -0.2) is 14.6 Å². The van der Waals surface area contributed by atoms with Gasteiger partial charge in [0.2, 0.25) is 5.88 Å². The number of aryl methyl sites for hydroxylation is 1. The van der Waals surface area contributed by atoms with E-state index in [1.54, 1.807) is 39.8 Å². The number of anilines is 1. The van der Waals surface area contributed by atoms with E-state index in [1.165, 1.54) is 0 Å². The molecule has 4 N–H and O–H groups in total. The molecule has 0 aliphatic rings. The van der Waals surface area contributed by atoms with Crippen LogP contribution in [-0.4, -0.2) is 40.4 Å². The Morgan fingerprint density at radius 1 is 1.41 bits per heavy atom. The maximum Gasteiger partial charge on any atom is 0.408 e. The lowest BCUT2D eigenvalue weighted by Crippen LogP contribution is -2.46. The zero-order valence-corrected chi connectivity index (χ0v) is 13.0. The number of hydrogen-bond acceptors (Lipinski definition) is 6. The summed E-state index contributed by atoms with van der Waals surface area (Å²) in [5.74, 6) is -1.13. The zero-order chi connectivity index (χ0) is 16.9. The van der Waals surface area contributed by atoms with E-state index in [2.05, 4.69) is 10.3 Å². The highest BCUT2D eigenvalue weighted by atomic mass is 16.6. The molecule has 8 nitrogen and oxygen atoms in total. The number of hydrogen-bond donors (Lipinski definition) is 3. The molecule has 0 aliphatic heterocycles. The maximum atomic E-state index is 11.6. The van der Waals surface area contributed by atoms with Crippen LogP contribution >= 0.6 is 0 Å². The summed E-state index contributed by atoms with van der Waals surface area (Å²) < 4.78 is 10.3. The first-order valence-electron chi connectivity index (χ1n) is 6.67. The van der Waals surface area contributed by atoms with Gasteiger partial charge in [0.1, 0.15) is 12.2 Å². The fraction of sp³-hybridized carbons (Fsp3) is 0.500. The molecule has 0 fully saturated rings. The van der Waals surface area contributed by atoms with Gasteiger partial charge in [-0.2, -0.15) is 0 Å². The van der Waals surface area contributed by atoms with Crippen molar-refractivity contribution in [3.8, 4) is 5.88 Å². The monoisotopic (exact) mass is 311 g/mol. The number of rotatable bonds is 5. The maximum absolute atomic E-state index is 11.6. The SMILES string of the molecule is Cc1ccc(N)c(OC[C@H](NC(=O)OC(C)(C)C)C(=O)O)n1. The van der Waals surface area contributed by atoms with E-state index in [9.17, 15) is 9.59 Å². The van der Waals surface area contributed by atoms with Crippen molar-refractivity contribution < 1.29 is 24.2 Å². The molecule has 0 saturated carbocycles. The van der Waals surface area contributed by atoms with Gasteiger partial charge in [0.25, 0.3) is 0 Å². The molecule has 122 valence electrons. The number of nitrogen functional groups attached to an aromatic ring is 1. The molecular weight excluding hydrogens is 290 g/mol. The predicted molar refractivity (Wildman–Crippen MR) is 79.7 cm³/mol. The molecule has 0 aromatic carbocycles. The van der Waals surface area contributed by atoms with Crippen LogP contribution in [0.4, 0.5) is 10.5 Å². The first-order chi connectivity index (χ1) is 10.1. The number of amides is 1. The average molecular weight is 311 g/mol. The molecule has 0 aliphatic carbocycles. The van der Waals surface area contributed by atoms with Crippen LogP contribution < -0.4 is 15.8 Å². The Kier molecular flexibility index (Phi) is 5.56. The number of aliphatic carboxylic acids is 1. The molecule has 8 heteroatoms. The Hall–Kier alpha value is -2.51. The number of pyridine rings is 1. The quantitative estimate of drug-likeness (QED) is 0.749. The minimum absolute atomic E-state index is 0.122. The summed E-state index contributed by atoms with van der Waals surface area (Å²) in [5, 5.41) is 11.3. The molecule has 0 spiro atoms. The molecular formula is C14H21N3O5. The third kappa shape index (κ3) is 5.86. The van der Waals surface area contributed by atoms with Crippen molar-refractivity contribution in [1.29, 1.82) is 0 Å². The summed E-state index contributed by atoms with van der Waals surface area (Å²) >= 11 is 0. The van der Waals surface area contributed by atoms with E-state index in [1.807, 2.05) is 0 Å². The number of carbonyl (C=O) groups excluding carboxylic acids is 1. The van der Waals surface area contributed by atoms with Gasteiger partial charge in [0, 0.05) is 5.69 Å². The Morgan fingerprint density at radius 2 is 2.05 bits per heavy atom. The Morgan fingerprint density at radius 3 is 2.59 bits per heavy atom. The van der Waals surface area contributed by atoms with Crippen LogP contribution in [0.1, 0.15) is 26.5 Å². The molecule has 0 bridgehead atoms. The van der Waals surface area contributed by atoms with Crippen LogP contribution in [0.25, 0.3) is 0 Å². The molecule has 1 aromatic rings. The number of nitrogens with one attached hydrogen (secondary N) is 1. The van der Waals surface area contributed by atoms with Crippen LogP contribution in [0.3, 0.4) is 0 Å². The highest BCUT2D eigenvalue weighted by Crippen LogP contribution is 2.18. The average Bonchev–Trinajstić information content (AvgIpc) is 2.35. The van der Waals surface area contributed by atoms with Crippen molar-refractivity contribution in [3.63, 3.8) is 0 Å². The smallest absolute Gasteiger partial charge is 0.408 e. The third-order valence-electron chi connectivity index (χ3n) is 2.40. The Labute approximate surface area is 128 Å². The van der Waals surface area contributed by atoms with E-state index in [0.29, 0.717) is 5.69 Å². The van der Waals surface area contributed by atoms with Crippen molar-refractivity contribution in [1.82, 2.24) is 10.3 Å². The van der Waals surface area contributed by atoms with Gasteiger partial charge in [0.05, 0.1) is 5.69 Å². The normalized spacial score (nSPS) is 12.4. The standard InChI is InChI=1S/C14H21N3O5/c1-8-5-6-9(15)11(16-8)21-7-10(12(18)19)17-13(20)22-14(2,3)4/h5-6,10H,7,15H2,1-4H3,(H,17,20)(H,18,19)/t10-/m0/s1. The summed E-state index contributed by atoms with van der Waals surface area (Å²) in [6, 6.07) is 2.03. The molecule has 22 heavy (non-hydrogen) atoms. The zero-order valence-electron chi connectivity index (χ0n) is 13.0. The summed E-state index contributed by atoms with van der Waals surface area (Å²) in [7, 11) is 0. The third-order valence-corrected chi connectivity index (χ3v) is 2.40. The summed E-state index contributed by atoms with van der Waals surface area (Å²) in [5.41, 5.74) is 5.92. The molecule has 0 radical (unpaired) electrons. The first kappa shape index (κ1) is 17.5. The minimum Gasteiger partial charge on any atom is -0.480 e. The number of carboxylic acids is 1. The van der Waals surface area contributed by atoms with Crippen molar-refractivity contribution >= 4 is 17.7 Å². The second-order valence-corrected chi connectivity index (χ2v) is 5.70. The summed E-state index contributed by atoms with van der Waals surface area (Å²) in [6.07, 6.45) is -0.839. The van der Waals surface area contributed by atoms with E-state index in [-0.39, 0.29) is 18.2 Å². The van der Waals surface area contributed by atoms with Crippen molar-refractivity contribution in [2.45, 2.75) is 39.3 Å². The molecule has 0 saturated heterocycles. The van der Waals surface area contributed by atoms with Gasteiger partial charge >= 0.3 is 12.1 Å². The second kappa shape index (κ2) is 6.97. The fourth-order valence-corrected chi connectivity index (χ4v) is 1.45. The topological polar surface area (TPSA) is 124 Å². The lowest BCUT2D eigenvalue weighted by Gasteiger charge is -2.22. The number of nitrogens with zero attached hydrogens (tertiary/aromatic N) is 1. The Bertz CT molecular complexity index is 554. The van der Waals surface area contributed by atoms with Crippen LogP contribution in [0.5, 0.6) is 5.88 Å². The van der Waals surface area contributed by atoms with E-state index in [0.717, 1.165) is 0 Å². The van der Waals surface area contributed by atoms with Crippen LogP contribution in [0.2, 0.25) is 0 Å². The van der Waals surface area contributed by atoms with Gasteiger partial charge in [-0.3, -0.25) is 0 Å². The molecule has 1 rings (SSSR count). The van der Waals surface area contributed by atoms with Gasteiger partial charge in [-0.1, -0.05) is 0 Å². The van der Waals surface area contributed by atoms with Crippen LogP contribution in [-0.2, 0) is 9.53 Å². The first-order valence-corrected chi connectivity index (χ1v) is 6.67. The van der Waals surface area contributed by atoms with Crippen molar-refractivity contribution in [2.75, 3.05) is 12.3 Å². The largest absolute Gasteiger partial charge is 0.480 e. The lowest BCUT2D eigenvalue weighted by atomic mass is 10.2. The number of carbonyl (C=O) groups is 2. The molecule has 1 aromatic heterocycles. The van der Waals surface area contributed by atoms with Crippen LogP contribution in [0, 0.1) is 6.92 Å². The molecule has 0 unspecified atom stereocenters. The van der Waals surface area contributed by atoms with E-state index >= 15 is 0 Å². The molecule has 1 heterocycles. The molecule has 1 amide bonds. The van der Waals surface area contributed by atoms with Gasteiger partial charge < -0.3 is 25.6 Å². The van der Waals surface area contributed by atoms with Gasteiger partial charge in [-0.15, -0.1) is 0 Å². The summed E-state index contributed by atoms with van der Waals surface area (Å²) in [4.78, 5) is 26.8. The highest BCUT2D eigenvalue weighted by molar-refractivity contribution is 5.80. The predicted octanol–water partition coefficient (Wildman–Crippen LogP) is 1.33. The van der Waals surface area contributed by atoms with Gasteiger partial charge in [-0.05, 0) is 39.8 Å².